The highest BCUT2D eigenvalue weighted by atomic mass is 32.2. The summed E-state index contributed by atoms with van der Waals surface area (Å²) in [5.41, 5.74) is 10.0. The van der Waals surface area contributed by atoms with Crippen LogP contribution in [-0.4, -0.2) is 79.3 Å². The number of aromatic amines is 1. The topological polar surface area (TPSA) is 131 Å². The van der Waals surface area contributed by atoms with Crippen LogP contribution < -0.4 is 18.9 Å². The summed E-state index contributed by atoms with van der Waals surface area (Å²) in [6.07, 6.45) is 6.41. The summed E-state index contributed by atoms with van der Waals surface area (Å²) < 4.78 is 86.4. The van der Waals surface area contributed by atoms with E-state index in [1.54, 1.807) is 28.4 Å². The lowest BCUT2D eigenvalue weighted by Crippen LogP contribution is -2.21. The van der Waals surface area contributed by atoms with E-state index in [2.05, 4.69) is 125 Å². The van der Waals surface area contributed by atoms with Crippen molar-refractivity contribution in [1.29, 1.82) is 0 Å². The number of hydrogen-bond donors (Lipinski definition) is 1. The smallest absolute Gasteiger partial charge is 0.485 e. The molecular weight excluding hydrogens is 870 g/mol. The van der Waals surface area contributed by atoms with Gasteiger partial charge >= 0.3 is 5.51 Å². The van der Waals surface area contributed by atoms with Crippen molar-refractivity contribution in [2.24, 2.45) is 7.05 Å². The van der Waals surface area contributed by atoms with Crippen molar-refractivity contribution in [2.75, 3.05) is 35.5 Å². The predicted molar refractivity (Wildman–Crippen MR) is 251 cm³/mol. The van der Waals surface area contributed by atoms with Gasteiger partial charge in [0.15, 0.2) is 16.3 Å². The second-order valence-corrected chi connectivity index (χ2v) is 16.6. The van der Waals surface area contributed by atoms with Crippen molar-refractivity contribution in [1.82, 2.24) is 14.5 Å². The van der Waals surface area contributed by atoms with Crippen molar-refractivity contribution in [3.8, 4) is 67.5 Å². The quantitative estimate of drug-likeness (QED) is 0.0906. The molecule has 1 N–H and O–H groups in total. The summed E-state index contributed by atoms with van der Waals surface area (Å²) >= 11 is 0. The van der Waals surface area contributed by atoms with Gasteiger partial charge in [-0.15, -0.1) is 0 Å². The Morgan fingerprint density at radius 1 is 0.591 bits per heavy atom. The van der Waals surface area contributed by atoms with Crippen molar-refractivity contribution < 1.29 is 49.7 Å². The normalized spacial score (nSPS) is 12.2. The number of methoxy groups -OCH3 is 4. The first-order valence-electron chi connectivity index (χ1n) is 20.4. The lowest BCUT2D eigenvalue weighted by atomic mass is 9.99. The molecule has 4 aromatic carbocycles. The number of nitrogens with one attached hydrogen (secondary N) is 1. The van der Waals surface area contributed by atoms with E-state index in [0.29, 0.717) is 0 Å². The minimum Gasteiger partial charge on any atom is -0.741 e. The van der Waals surface area contributed by atoms with Crippen LogP contribution in [0.1, 0.15) is 17.0 Å². The Morgan fingerprint density at radius 3 is 1.44 bits per heavy atom. The number of ether oxygens (including phenoxy) is 4. The first-order chi connectivity index (χ1) is 31.6. The summed E-state index contributed by atoms with van der Waals surface area (Å²) in [6.45, 7) is 0. The molecule has 0 atom stereocenters. The number of benzene rings is 4. The van der Waals surface area contributed by atoms with Gasteiger partial charge in [0, 0.05) is 40.8 Å². The number of halogens is 3. The van der Waals surface area contributed by atoms with Gasteiger partial charge in [-0.2, -0.15) is 13.2 Å². The largest absolute Gasteiger partial charge is 0.741 e. The first kappa shape index (κ1) is 45.0. The zero-order valence-corrected chi connectivity index (χ0v) is 37.4. The van der Waals surface area contributed by atoms with E-state index in [1.807, 2.05) is 48.5 Å². The fraction of sp³-hybridized carbons (Fsp3) is 0.137. The van der Waals surface area contributed by atoms with Gasteiger partial charge in [0.25, 0.3) is 0 Å². The zero-order valence-electron chi connectivity index (χ0n) is 36.6. The number of fused-ring (bicyclic) bond motifs is 8. The minimum absolute atomic E-state index is 0.763. The van der Waals surface area contributed by atoms with Crippen LogP contribution in [0.3, 0.4) is 0 Å². The molecule has 11 nitrogen and oxygen atoms in total. The van der Waals surface area contributed by atoms with Gasteiger partial charge in [0.2, 0.25) is 5.69 Å². The second-order valence-electron chi connectivity index (χ2n) is 15.2. The Morgan fingerprint density at radius 2 is 0.985 bits per heavy atom. The number of nitrogens with zero attached hydrogens (tertiary/aromatic N) is 3. The van der Waals surface area contributed by atoms with Gasteiger partial charge < -0.3 is 33.1 Å². The van der Waals surface area contributed by atoms with Crippen LogP contribution in [0.4, 0.5) is 18.9 Å². The SMILES string of the molecule is COc1cccc(-c2c3cc(c(-c4cccc(OC)c4)c4ccc(c(-c5cccc(OC)c5)c5ccc([nH]5)c(-c5cccc(OC)c5)c5nc2C=C5)n4C)[N+](C)=C3)c1.O=S(=O)([O-])C(F)(F)F. The van der Waals surface area contributed by atoms with Crippen LogP contribution in [0.5, 0.6) is 23.0 Å². The standard InChI is InChI=1S/C50H42N4O4.CHF3O3S/c1-53-30-35-29-46(53)50(34-14-10-18-39(28-34)58-6)45-24-23-44(54(45)2)49(33-13-9-17-38(27-33)57-5)43-22-21-42(52-43)48(32-12-8-16-37(26-32)56-4)41-20-19-40(51-41)47(35)31-11-7-15-36(25-31)55-3;2-1(3,4)8(5,6)7/h7-30H,1-6H3;(H,5,6,7). The van der Waals surface area contributed by atoms with Crippen LogP contribution in [-0.2, 0) is 17.2 Å². The maximum Gasteiger partial charge on any atom is 0.485 e. The van der Waals surface area contributed by atoms with Gasteiger partial charge in [-0.05, 0) is 107 Å². The Hall–Kier alpha value is -7.62. The Kier molecular flexibility index (Phi) is 12.3. The molecule has 3 aromatic heterocycles. The summed E-state index contributed by atoms with van der Waals surface area (Å²) in [4.78, 5) is 9.31. The number of aryl methyl sites for hydroxylation is 1. The van der Waals surface area contributed by atoms with E-state index >= 15 is 0 Å². The molecule has 0 amide bonds. The third kappa shape index (κ3) is 8.77. The number of hydrogen-bond acceptors (Lipinski definition) is 8. The van der Waals surface area contributed by atoms with Crippen molar-refractivity contribution in [3.63, 3.8) is 0 Å². The van der Waals surface area contributed by atoms with E-state index in [-0.39, 0.29) is 0 Å². The number of aromatic nitrogens is 3. The number of H-pyrrole nitrogens is 1. The second kappa shape index (κ2) is 18.1. The lowest BCUT2D eigenvalue weighted by molar-refractivity contribution is -0.395. The first-order valence-corrected chi connectivity index (χ1v) is 21.8. The average molecular weight is 913 g/mol. The highest BCUT2D eigenvalue weighted by molar-refractivity contribution is 7.86. The molecule has 66 heavy (non-hydrogen) atoms. The highest BCUT2D eigenvalue weighted by Crippen LogP contribution is 2.42. The Labute approximate surface area is 379 Å². The van der Waals surface area contributed by atoms with Crippen molar-refractivity contribution in [3.05, 3.63) is 144 Å². The molecule has 0 saturated carbocycles. The monoisotopic (exact) mass is 912 g/mol. The van der Waals surface area contributed by atoms with E-state index in [1.165, 1.54) is 0 Å². The Balaban J connectivity index is 0.000000679. The fourth-order valence-electron chi connectivity index (χ4n) is 8.18. The maximum absolute atomic E-state index is 10.7. The molecule has 0 radical (unpaired) electrons. The van der Waals surface area contributed by atoms with Crippen LogP contribution in [0.15, 0.2) is 127 Å². The van der Waals surface area contributed by atoms with Crippen molar-refractivity contribution in [2.45, 2.75) is 5.51 Å². The van der Waals surface area contributed by atoms with Gasteiger partial charge in [0.05, 0.1) is 62.0 Å². The average Bonchev–Trinajstić information content (AvgIpc) is 4.13. The molecule has 5 heterocycles. The van der Waals surface area contributed by atoms with Gasteiger partial charge in [-0.3, -0.25) is 0 Å². The van der Waals surface area contributed by atoms with Crippen LogP contribution >= 0.6 is 0 Å². The molecule has 0 saturated heterocycles. The minimum atomic E-state index is -6.09. The fourth-order valence-corrected chi connectivity index (χ4v) is 8.18. The van der Waals surface area contributed by atoms with E-state index in [0.717, 1.165) is 112 Å². The van der Waals surface area contributed by atoms with Gasteiger partial charge in [-0.1, -0.05) is 48.5 Å². The third-order valence-corrected chi connectivity index (χ3v) is 11.8. The summed E-state index contributed by atoms with van der Waals surface area (Å²) in [5, 5.41) is 0. The van der Waals surface area contributed by atoms with E-state index < -0.39 is 15.6 Å². The molecular formula is C51H43F3N4O7S. The highest BCUT2D eigenvalue weighted by Gasteiger charge is 2.37. The summed E-state index contributed by atoms with van der Waals surface area (Å²) in [7, 11) is 4.95. The molecule has 7 aromatic rings. The summed E-state index contributed by atoms with van der Waals surface area (Å²) in [5.74, 6) is 3.09. The molecule has 8 bridgehead atoms. The molecule has 0 aliphatic carbocycles. The predicted octanol–water partition coefficient (Wildman–Crippen LogP) is 11.2. The molecule has 0 unspecified atom stereocenters. The third-order valence-electron chi connectivity index (χ3n) is 11.3. The molecule has 2 aliphatic heterocycles. The molecule has 0 spiro atoms. The summed E-state index contributed by atoms with van der Waals surface area (Å²) in [6, 6.07) is 43.8. The molecule has 15 heteroatoms. The van der Waals surface area contributed by atoms with Crippen molar-refractivity contribution >= 4 is 56.2 Å². The molecule has 2 aliphatic rings. The molecule has 9 rings (SSSR count). The van der Waals surface area contributed by atoms with Crippen LogP contribution in [0, 0.1) is 0 Å². The van der Waals surface area contributed by atoms with Crippen LogP contribution in [0.2, 0.25) is 0 Å². The molecule has 336 valence electrons. The van der Waals surface area contributed by atoms with Gasteiger partial charge in [0.1, 0.15) is 30.0 Å². The molecule has 0 fully saturated rings. The van der Waals surface area contributed by atoms with E-state index in [4.69, 9.17) is 36.9 Å². The van der Waals surface area contributed by atoms with Gasteiger partial charge in [-0.25, -0.2) is 18.0 Å². The Bertz CT molecular complexity index is 3370. The van der Waals surface area contributed by atoms with Crippen LogP contribution in [0.25, 0.3) is 78.7 Å². The maximum atomic E-state index is 10.7. The number of alkyl halides is 3. The zero-order chi connectivity index (χ0) is 46.9. The van der Waals surface area contributed by atoms with E-state index in [9.17, 15) is 13.2 Å². The lowest BCUT2D eigenvalue weighted by Gasteiger charge is -2.11. The number of rotatable bonds is 8.